The van der Waals surface area contributed by atoms with Crippen LogP contribution in [0, 0.1) is 0 Å². The second-order valence-electron chi connectivity index (χ2n) is 5.32. The first-order chi connectivity index (χ1) is 9.56. The van der Waals surface area contributed by atoms with Crippen LogP contribution in [0.1, 0.15) is 71.1 Å². The number of hydrogen-bond acceptors (Lipinski definition) is 4. The summed E-state index contributed by atoms with van der Waals surface area (Å²) in [7, 11) is -3.28. The summed E-state index contributed by atoms with van der Waals surface area (Å²) in [6, 6.07) is 0. The molecule has 5 heteroatoms. The van der Waals surface area contributed by atoms with E-state index in [9.17, 15) is 8.42 Å². The maximum Gasteiger partial charge on any atom is 0.264 e. The average Bonchev–Trinajstić information content (AvgIpc) is 2.38. The van der Waals surface area contributed by atoms with Crippen LogP contribution in [-0.4, -0.2) is 34.5 Å². The van der Waals surface area contributed by atoms with Crippen molar-refractivity contribution in [3.8, 4) is 0 Å². The third kappa shape index (κ3) is 17.9. The molecule has 122 valence electrons. The SMILES string of the molecule is CCCCCCCCCCOCCCCOS(C)(=O)=O. The van der Waals surface area contributed by atoms with Gasteiger partial charge in [-0.05, 0) is 19.3 Å². The lowest BCUT2D eigenvalue weighted by molar-refractivity contribution is 0.122. The van der Waals surface area contributed by atoms with E-state index in [1.807, 2.05) is 0 Å². The van der Waals surface area contributed by atoms with Gasteiger partial charge >= 0.3 is 0 Å². The smallest absolute Gasteiger partial charge is 0.264 e. The van der Waals surface area contributed by atoms with Gasteiger partial charge in [-0.1, -0.05) is 51.9 Å². The van der Waals surface area contributed by atoms with Gasteiger partial charge in [0, 0.05) is 13.2 Å². The van der Waals surface area contributed by atoms with Crippen LogP contribution in [-0.2, 0) is 19.0 Å². The van der Waals surface area contributed by atoms with Gasteiger partial charge in [0.15, 0.2) is 0 Å². The van der Waals surface area contributed by atoms with Gasteiger partial charge in [0.1, 0.15) is 0 Å². The van der Waals surface area contributed by atoms with Gasteiger partial charge in [0.25, 0.3) is 10.1 Å². The van der Waals surface area contributed by atoms with Crippen molar-refractivity contribution in [1.82, 2.24) is 0 Å². The number of rotatable bonds is 15. The highest BCUT2D eigenvalue weighted by molar-refractivity contribution is 7.85. The molecule has 0 aliphatic rings. The lowest BCUT2D eigenvalue weighted by Crippen LogP contribution is -2.05. The lowest BCUT2D eigenvalue weighted by atomic mass is 10.1. The zero-order valence-corrected chi connectivity index (χ0v) is 14.1. The molecule has 0 aliphatic carbocycles. The Hall–Kier alpha value is -0.130. The molecule has 0 radical (unpaired) electrons. The number of unbranched alkanes of at least 4 members (excludes halogenated alkanes) is 8. The Morgan fingerprint density at radius 2 is 1.15 bits per heavy atom. The maximum atomic E-state index is 10.7. The molecule has 0 bridgehead atoms. The summed E-state index contributed by atoms with van der Waals surface area (Å²) >= 11 is 0. The zero-order chi connectivity index (χ0) is 15.1. The molecular formula is C15H32O4S. The predicted molar refractivity (Wildman–Crippen MR) is 83.5 cm³/mol. The van der Waals surface area contributed by atoms with E-state index in [0.29, 0.717) is 6.61 Å². The molecule has 4 nitrogen and oxygen atoms in total. The first kappa shape index (κ1) is 19.9. The van der Waals surface area contributed by atoms with Gasteiger partial charge in [0.2, 0.25) is 0 Å². The third-order valence-corrected chi connectivity index (χ3v) is 3.72. The van der Waals surface area contributed by atoms with Crippen LogP contribution in [0.3, 0.4) is 0 Å². The molecule has 0 saturated carbocycles. The van der Waals surface area contributed by atoms with Crippen LogP contribution >= 0.6 is 0 Å². The average molecular weight is 308 g/mol. The Labute approximate surface area is 125 Å². The molecule has 0 rings (SSSR count). The van der Waals surface area contributed by atoms with E-state index in [0.717, 1.165) is 32.1 Å². The van der Waals surface area contributed by atoms with Crippen LogP contribution in [0.4, 0.5) is 0 Å². The fraction of sp³-hybridized carbons (Fsp3) is 1.00. The Morgan fingerprint density at radius 1 is 0.700 bits per heavy atom. The minimum Gasteiger partial charge on any atom is -0.381 e. The Bertz CT molecular complexity index is 288. The molecular weight excluding hydrogens is 276 g/mol. The van der Waals surface area contributed by atoms with Crippen LogP contribution in [0.25, 0.3) is 0 Å². The highest BCUT2D eigenvalue weighted by Crippen LogP contribution is 2.08. The van der Waals surface area contributed by atoms with Crippen molar-refractivity contribution in [2.45, 2.75) is 71.1 Å². The molecule has 0 atom stereocenters. The molecule has 0 aromatic heterocycles. The summed E-state index contributed by atoms with van der Waals surface area (Å²) < 4.78 is 31.5. The van der Waals surface area contributed by atoms with E-state index in [-0.39, 0.29) is 6.61 Å². The summed E-state index contributed by atoms with van der Waals surface area (Å²) in [5.74, 6) is 0. The van der Waals surface area contributed by atoms with Gasteiger partial charge in [-0.3, -0.25) is 4.18 Å². The van der Waals surface area contributed by atoms with Crippen molar-refractivity contribution in [1.29, 1.82) is 0 Å². The summed E-state index contributed by atoms with van der Waals surface area (Å²) in [4.78, 5) is 0. The van der Waals surface area contributed by atoms with Crippen LogP contribution < -0.4 is 0 Å². The molecule has 20 heavy (non-hydrogen) atoms. The van der Waals surface area contributed by atoms with Crippen molar-refractivity contribution in [3.05, 3.63) is 0 Å². The zero-order valence-electron chi connectivity index (χ0n) is 13.2. The van der Waals surface area contributed by atoms with E-state index in [1.165, 1.54) is 44.9 Å². The van der Waals surface area contributed by atoms with Crippen molar-refractivity contribution in [3.63, 3.8) is 0 Å². The first-order valence-corrected chi connectivity index (χ1v) is 9.80. The van der Waals surface area contributed by atoms with Crippen molar-refractivity contribution in [2.24, 2.45) is 0 Å². The molecule has 0 amide bonds. The lowest BCUT2D eigenvalue weighted by Gasteiger charge is -2.05. The third-order valence-electron chi connectivity index (χ3n) is 3.12. The highest BCUT2D eigenvalue weighted by Gasteiger charge is 2.00. The summed E-state index contributed by atoms with van der Waals surface area (Å²) in [6.45, 7) is 4.02. The second-order valence-corrected chi connectivity index (χ2v) is 6.96. The molecule has 0 aromatic carbocycles. The van der Waals surface area contributed by atoms with E-state index >= 15 is 0 Å². The molecule has 0 saturated heterocycles. The fourth-order valence-electron chi connectivity index (χ4n) is 1.96. The molecule has 0 aromatic rings. The van der Waals surface area contributed by atoms with Crippen molar-refractivity contribution >= 4 is 10.1 Å². The molecule has 0 N–H and O–H groups in total. The van der Waals surface area contributed by atoms with Gasteiger partial charge in [-0.2, -0.15) is 8.42 Å². The number of hydrogen-bond donors (Lipinski definition) is 0. The highest BCUT2D eigenvalue weighted by atomic mass is 32.2. The van der Waals surface area contributed by atoms with Crippen LogP contribution in [0.2, 0.25) is 0 Å². The Morgan fingerprint density at radius 3 is 1.70 bits per heavy atom. The molecule has 0 heterocycles. The van der Waals surface area contributed by atoms with E-state index < -0.39 is 10.1 Å². The molecule has 0 unspecified atom stereocenters. The normalized spacial score (nSPS) is 11.9. The van der Waals surface area contributed by atoms with Gasteiger partial charge in [-0.15, -0.1) is 0 Å². The minimum atomic E-state index is -3.28. The Balaban J connectivity index is 3.03. The van der Waals surface area contributed by atoms with Crippen molar-refractivity contribution < 1.29 is 17.3 Å². The van der Waals surface area contributed by atoms with Gasteiger partial charge < -0.3 is 4.74 Å². The van der Waals surface area contributed by atoms with E-state index in [1.54, 1.807) is 0 Å². The minimum absolute atomic E-state index is 0.264. The predicted octanol–water partition coefficient (Wildman–Crippen LogP) is 3.90. The monoisotopic (exact) mass is 308 g/mol. The van der Waals surface area contributed by atoms with Crippen LogP contribution in [0.15, 0.2) is 0 Å². The largest absolute Gasteiger partial charge is 0.381 e. The topological polar surface area (TPSA) is 52.6 Å². The maximum absolute atomic E-state index is 10.7. The van der Waals surface area contributed by atoms with E-state index in [4.69, 9.17) is 4.74 Å². The summed E-state index contributed by atoms with van der Waals surface area (Å²) in [5.41, 5.74) is 0. The quantitative estimate of drug-likeness (QED) is 0.340. The summed E-state index contributed by atoms with van der Waals surface area (Å²) in [5, 5.41) is 0. The molecule has 0 aliphatic heterocycles. The van der Waals surface area contributed by atoms with E-state index in [2.05, 4.69) is 11.1 Å². The fourth-order valence-corrected chi connectivity index (χ4v) is 2.38. The van der Waals surface area contributed by atoms with Crippen LogP contribution in [0.5, 0.6) is 0 Å². The van der Waals surface area contributed by atoms with Gasteiger partial charge in [-0.25, -0.2) is 0 Å². The van der Waals surface area contributed by atoms with Gasteiger partial charge in [0.05, 0.1) is 12.9 Å². The molecule has 0 spiro atoms. The summed E-state index contributed by atoms with van der Waals surface area (Å²) in [6.07, 6.45) is 13.1. The van der Waals surface area contributed by atoms with Crippen molar-refractivity contribution in [2.75, 3.05) is 26.1 Å². The molecule has 0 fully saturated rings. The first-order valence-electron chi connectivity index (χ1n) is 7.98. The second kappa shape index (κ2) is 13.8. The number of ether oxygens (including phenoxy) is 1. The standard InChI is InChI=1S/C15H32O4S/c1-3-4-5-6-7-8-9-10-13-18-14-11-12-15-19-20(2,16)17/h3-15H2,1-2H3. The Kier molecular flexibility index (Phi) is 13.7.